The highest BCUT2D eigenvalue weighted by molar-refractivity contribution is 6.08. The first-order chi connectivity index (χ1) is 12.1. The van der Waals surface area contributed by atoms with Gasteiger partial charge in [0.2, 0.25) is 5.88 Å². The first-order valence-corrected chi connectivity index (χ1v) is 8.40. The molecule has 0 bridgehead atoms. The lowest BCUT2D eigenvalue weighted by molar-refractivity contribution is -0.138. The van der Waals surface area contributed by atoms with Crippen molar-refractivity contribution in [2.45, 2.75) is 31.3 Å². The van der Waals surface area contributed by atoms with Crippen molar-refractivity contribution < 1.29 is 19.4 Å². The fourth-order valence-corrected chi connectivity index (χ4v) is 3.23. The van der Waals surface area contributed by atoms with Crippen LogP contribution in [0.15, 0.2) is 42.6 Å². The van der Waals surface area contributed by atoms with Crippen LogP contribution < -0.4 is 9.64 Å². The second-order valence-electron chi connectivity index (χ2n) is 6.42. The summed E-state index contributed by atoms with van der Waals surface area (Å²) in [7, 11) is 0. The number of para-hydroxylation sites is 1. The Morgan fingerprint density at radius 2 is 2.00 bits per heavy atom. The van der Waals surface area contributed by atoms with Crippen LogP contribution in [0.5, 0.6) is 5.88 Å². The van der Waals surface area contributed by atoms with Gasteiger partial charge in [-0.15, -0.1) is 0 Å². The number of aromatic nitrogens is 1. The summed E-state index contributed by atoms with van der Waals surface area (Å²) >= 11 is 0. The van der Waals surface area contributed by atoms with Crippen LogP contribution in [0.1, 0.15) is 41.1 Å². The summed E-state index contributed by atoms with van der Waals surface area (Å²) in [4.78, 5) is 30.2. The molecular weight excluding hydrogens is 320 g/mol. The summed E-state index contributed by atoms with van der Waals surface area (Å²) in [5.41, 5.74) is 1.77. The van der Waals surface area contributed by atoms with Crippen LogP contribution in [0.3, 0.4) is 0 Å². The zero-order valence-electron chi connectivity index (χ0n) is 13.6. The van der Waals surface area contributed by atoms with Crippen molar-refractivity contribution in [2.24, 2.45) is 0 Å². The minimum atomic E-state index is -0.925. The van der Waals surface area contributed by atoms with Crippen molar-refractivity contribution in [3.63, 3.8) is 0 Å². The number of fused-ring (bicyclic) bond motifs is 1. The zero-order valence-corrected chi connectivity index (χ0v) is 13.6. The van der Waals surface area contributed by atoms with Crippen molar-refractivity contribution in [1.82, 2.24) is 4.98 Å². The summed E-state index contributed by atoms with van der Waals surface area (Å²) in [5, 5.41) is 9.44. The highest BCUT2D eigenvalue weighted by Crippen LogP contribution is 2.37. The fourth-order valence-electron chi connectivity index (χ4n) is 3.23. The molecular formula is C19H18N2O4. The quantitative estimate of drug-likeness (QED) is 0.927. The molecule has 1 aliphatic heterocycles. The highest BCUT2D eigenvalue weighted by atomic mass is 16.5. The van der Waals surface area contributed by atoms with Gasteiger partial charge in [0.05, 0.1) is 0 Å². The van der Waals surface area contributed by atoms with E-state index in [0.29, 0.717) is 22.7 Å². The molecule has 2 aliphatic rings. The molecule has 1 aromatic heterocycles. The lowest BCUT2D eigenvalue weighted by Gasteiger charge is -2.26. The Balaban J connectivity index is 1.61. The monoisotopic (exact) mass is 338 g/mol. The molecule has 1 aliphatic carbocycles. The Morgan fingerprint density at radius 1 is 1.20 bits per heavy atom. The highest BCUT2D eigenvalue weighted by Gasteiger charge is 2.36. The van der Waals surface area contributed by atoms with Gasteiger partial charge in [0.1, 0.15) is 12.0 Å². The molecule has 1 amide bonds. The van der Waals surface area contributed by atoms with Crippen molar-refractivity contribution in [3.05, 3.63) is 53.7 Å². The molecule has 1 saturated carbocycles. The predicted molar refractivity (Wildman–Crippen MR) is 91.0 cm³/mol. The van der Waals surface area contributed by atoms with Crippen LogP contribution >= 0.6 is 0 Å². The number of amides is 1. The number of ether oxygens (including phenoxy) is 1. The largest absolute Gasteiger partial charge is 0.481 e. The number of carboxylic acid groups (broad SMARTS) is 1. The Kier molecular flexibility index (Phi) is 3.87. The Bertz CT molecular complexity index is 832. The molecule has 2 heterocycles. The minimum absolute atomic E-state index is 0.134. The van der Waals surface area contributed by atoms with Crippen LogP contribution in [0.25, 0.3) is 0 Å². The van der Waals surface area contributed by atoms with Gasteiger partial charge in [0.25, 0.3) is 5.91 Å². The molecule has 1 unspecified atom stereocenters. The number of rotatable bonds is 4. The van der Waals surface area contributed by atoms with Gasteiger partial charge in [0, 0.05) is 30.1 Å². The maximum absolute atomic E-state index is 12.9. The smallest absolute Gasteiger partial charge is 0.312 e. The summed E-state index contributed by atoms with van der Waals surface area (Å²) in [6.07, 6.45) is 4.92. The maximum Gasteiger partial charge on any atom is 0.312 e. The second-order valence-corrected chi connectivity index (χ2v) is 6.42. The number of benzene rings is 1. The molecule has 1 fully saturated rings. The third kappa shape index (κ3) is 2.84. The molecule has 1 N–H and O–H groups in total. The molecule has 2 aromatic rings. The van der Waals surface area contributed by atoms with Crippen molar-refractivity contribution in [3.8, 4) is 5.88 Å². The number of anilines is 1. The number of aliphatic carboxylic acids is 1. The SMILES string of the molecule is O=C(O)C1CN(C(=O)c2ccnc(OC3CCC3)c2)c2ccccc21. The molecule has 128 valence electrons. The van der Waals surface area contributed by atoms with E-state index in [9.17, 15) is 14.7 Å². The van der Waals surface area contributed by atoms with Crippen LogP contribution in [0.4, 0.5) is 5.69 Å². The third-order valence-electron chi connectivity index (χ3n) is 4.83. The van der Waals surface area contributed by atoms with E-state index in [1.165, 1.54) is 4.90 Å². The molecule has 0 radical (unpaired) electrons. The van der Waals surface area contributed by atoms with Crippen molar-refractivity contribution in [1.29, 1.82) is 0 Å². The molecule has 25 heavy (non-hydrogen) atoms. The van der Waals surface area contributed by atoms with Gasteiger partial charge < -0.3 is 14.7 Å². The van der Waals surface area contributed by atoms with Gasteiger partial charge in [-0.25, -0.2) is 4.98 Å². The lowest BCUT2D eigenvalue weighted by Crippen LogP contribution is -2.31. The van der Waals surface area contributed by atoms with Crippen LogP contribution in [0.2, 0.25) is 0 Å². The lowest BCUT2D eigenvalue weighted by atomic mass is 9.96. The van der Waals surface area contributed by atoms with Gasteiger partial charge >= 0.3 is 5.97 Å². The van der Waals surface area contributed by atoms with E-state index in [-0.39, 0.29) is 18.6 Å². The summed E-state index contributed by atoms with van der Waals surface area (Å²) < 4.78 is 5.76. The molecule has 0 spiro atoms. The zero-order chi connectivity index (χ0) is 17.4. The standard InChI is InChI=1S/C19H18N2O4/c22-18(12-8-9-20-17(10-12)25-13-4-3-5-13)21-11-15(19(23)24)14-6-1-2-7-16(14)21/h1-2,6-10,13,15H,3-5,11H2,(H,23,24). The molecule has 6 nitrogen and oxygen atoms in total. The Morgan fingerprint density at radius 3 is 2.72 bits per heavy atom. The van der Waals surface area contributed by atoms with Crippen molar-refractivity contribution >= 4 is 17.6 Å². The van der Waals surface area contributed by atoms with E-state index < -0.39 is 11.9 Å². The van der Waals surface area contributed by atoms with E-state index in [2.05, 4.69) is 4.98 Å². The first kappa shape index (κ1) is 15.6. The number of hydrogen-bond acceptors (Lipinski definition) is 4. The Labute approximate surface area is 145 Å². The average molecular weight is 338 g/mol. The molecule has 0 saturated heterocycles. The molecule has 1 aromatic carbocycles. The van der Waals surface area contributed by atoms with E-state index in [1.54, 1.807) is 42.6 Å². The van der Waals surface area contributed by atoms with Gasteiger partial charge in [0.15, 0.2) is 0 Å². The number of hydrogen-bond donors (Lipinski definition) is 1. The third-order valence-corrected chi connectivity index (χ3v) is 4.83. The maximum atomic E-state index is 12.9. The fraction of sp³-hybridized carbons (Fsp3) is 0.316. The summed E-state index contributed by atoms with van der Waals surface area (Å²) in [6, 6.07) is 10.4. The number of carboxylic acids is 1. The topological polar surface area (TPSA) is 79.7 Å². The van der Waals surface area contributed by atoms with Gasteiger partial charge in [-0.2, -0.15) is 0 Å². The van der Waals surface area contributed by atoms with Crippen LogP contribution in [0, 0.1) is 0 Å². The number of pyridine rings is 1. The average Bonchev–Trinajstić information content (AvgIpc) is 2.98. The van der Waals surface area contributed by atoms with Crippen LogP contribution in [-0.2, 0) is 4.79 Å². The number of carbonyl (C=O) groups is 2. The van der Waals surface area contributed by atoms with E-state index >= 15 is 0 Å². The number of nitrogens with zero attached hydrogens (tertiary/aromatic N) is 2. The second kappa shape index (κ2) is 6.20. The first-order valence-electron chi connectivity index (χ1n) is 8.40. The van der Waals surface area contributed by atoms with E-state index in [4.69, 9.17) is 4.74 Å². The summed E-state index contributed by atoms with van der Waals surface area (Å²) in [5.74, 6) is -1.42. The van der Waals surface area contributed by atoms with Crippen LogP contribution in [-0.4, -0.2) is 34.6 Å². The Hall–Kier alpha value is -2.89. The minimum Gasteiger partial charge on any atom is -0.481 e. The van der Waals surface area contributed by atoms with Gasteiger partial charge in [-0.05, 0) is 37.0 Å². The summed E-state index contributed by atoms with van der Waals surface area (Å²) in [6.45, 7) is 0.134. The van der Waals surface area contributed by atoms with E-state index in [0.717, 1.165) is 19.3 Å². The predicted octanol–water partition coefficient (Wildman–Crippen LogP) is 2.84. The van der Waals surface area contributed by atoms with Crippen molar-refractivity contribution in [2.75, 3.05) is 11.4 Å². The van der Waals surface area contributed by atoms with E-state index in [1.807, 2.05) is 0 Å². The normalized spacial score (nSPS) is 19.2. The van der Waals surface area contributed by atoms with Gasteiger partial charge in [-0.3, -0.25) is 9.59 Å². The number of carbonyl (C=O) groups excluding carboxylic acids is 1. The molecule has 1 atom stereocenters. The van der Waals surface area contributed by atoms with Gasteiger partial charge in [-0.1, -0.05) is 18.2 Å². The molecule has 4 rings (SSSR count). The molecule has 6 heteroatoms.